The maximum atomic E-state index is 14.6. The second-order valence-corrected chi connectivity index (χ2v) is 15.5. The smallest absolute Gasteiger partial charge is 0.341 e. The minimum atomic E-state index is -4.70. The Morgan fingerprint density at radius 2 is 1.86 bits per heavy atom. The third-order valence-corrected chi connectivity index (χ3v) is 11.7. The highest BCUT2D eigenvalue weighted by molar-refractivity contribution is 7.89. The minimum absolute atomic E-state index is 0.00149. The number of carbonyl (C=O) groups is 3. The summed E-state index contributed by atoms with van der Waals surface area (Å²) in [6.45, 7) is 2.55. The molecule has 3 unspecified atom stereocenters. The lowest BCUT2D eigenvalue weighted by Gasteiger charge is -2.30. The summed E-state index contributed by atoms with van der Waals surface area (Å²) in [6.07, 6.45) is 5.13. The van der Waals surface area contributed by atoms with E-state index in [0.717, 1.165) is 53.1 Å². The summed E-state index contributed by atoms with van der Waals surface area (Å²) in [5.74, 6) is -0.831. The number of halogens is 1. The van der Waals surface area contributed by atoms with Crippen LogP contribution in [-0.4, -0.2) is 83.7 Å². The van der Waals surface area contributed by atoms with Crippen LogP contribution in [0.15, 0.2) is 65.7 Å². The quantitative estimate of drug-likeness (QED) is 0.177. The predicted octanol–water partition coefficient (Wildman–Crippen LogP) is 5.66. The van der Waals surface area contributed by atoms with Gasteiger partial charge in [0.15, 0.2) is 0 Å². The lowest BCUT2D eigenvalue weighted by atomic mass is 9.81. The molecular formula is C36H40ClN5O7S. The Balaban J connectivity index is 1.40. The van der Waals surface area contributed by atoms with Crippen LogP contribution in [0.2, 0.25) is 5.02 Å². The fourth-order valence-corrected chi connectivity index (χ4v) is 8.68. The van der Waals surface area contributed by atoms with Gasteiger partial charge >= 0.3 is 6.03 Å². The first-order chi connectivity index (χ1) is 23.8. The number of ether oxygens (including phenoxy) is 1. The van der Waals surface area contributed by atoms with Crippen LogP contribution in [0.5, 0.6) is 17.2 Å². The van der Waals surface area contributed by atoms with Crippen LogP contribution < -0.4 is 10.5 Å². The fourth-order valence-electron chi connectivity index (χ4n) is 6.98. The predicted molar refractivity (Wildman–Crippen MR) is 189 cm³/mol. The molecule has 12 nitrogen and oxygen atoms in total. The number of amides is 4. The van der Waals surface area contributed by atoms with Gasteiger partial charge in [-0.25, -0.2) is 17.5 Å². The van der Waals surface area contributed by atoms with Gasteiger partial charge in [0.1, 0.15) is 23.3 Å². The number of sulfonamides is 1. The number of fused-ring (bicyclic) bond motifs is 1. The maximum Gasteiger partial charge on any atom is 0.341 e. The lowest BCUT2D eigenvalue weighted by molar-refractivity contribution is -0.128. The van der Waals surface area contributed by atoms with E-state index in [1.54, 1.807) is 6.20 Å². The topological polar surface area (TPSA) is 166 Å². The fraction of sp³-hybridized carbons (Fsp3) is 0.361. The molecule has 14 heteroatoms. The first kappa shape index (κ1) is 35.2. The summed E-state index contributed by atoms with van der Waals surface area (Å²) in [5.41, 5.74) is 8.38. The number of nitrogens with two attached hydrogens (primary N) is 1. The number of carbonyl (C=O) groups excluding carboxylic acids is 3. The number of nitrogens with one attached hydrogen (secondary N) is 1. The molecule has 2 heterocycles. The van der Waals surface area contributed by atoms with Gasteiger partial charge in [0, 0.05) is 50.2 Å². The number of aromatic amines is 1. The molecule has 2 fully saturated rings. The molecule has 4 amide bonds. The zero-order valence-corrected chi connectivity index (χ0v) is 29.6. The van der Waals surface area contributed by atoms with Crippen molar-refractivity contribution in [3.05, 3.63) is 82.5 Å². The average molecular weight is 722 g/mol. The van der Waals surface area contributed by atoms with E-state index >= 15 is 0 Å². The van der Waals surface area contributed by atoms with Gasteiger partial charge < -0.3 is 25.5 Å². The molecule has 50 heavy (non-hydrogen) atoms. The van der Waals surface area contributed by atoms with Gasteiger partial charge in [-0.3, -0.25) is 14.5 Å². The molecule has 3 atom stereocenters. The van der Waals surface area contributed by atoms with Crippen LogP contribution in [0.1, 0.15) is 47.2 Å². The standard InChI is InChI=1S/C36H40ClN5O7S/c1-21-6-4-9-27-24(19-39-33(21)27)15-30-35(45)41(20-23-8-5-7-22(14-23)18-38)36(46)42(30)50(47,48)26-11-13-32(28(17-26)34(44)40(2)3)49-25-10-12-31(43)29(37)16-25/h4,6,9-13,16-17,19,22-23,30,39,43H,5,7-8,14-15,18,20,38H2,1-3H3. The lowest BCUT2D eigenvalue weighted by Crippen LogP contribution is -2.42. The van der Waals surface area contributed by atoms with Crippen LogP contribution in [0, 0.1) is 18.8 Å². The monoisotopic (exact) mass is 721 g/mol. The van der Waals surface area contributed by atoms with Crippen LogP contribution >= 0.6 is 11.6 Å². The summed E-state index contributed by atoms with van der Waals surface area (Å²) >= 11 is 6.05. The van der Waals surface area contributed by atoms with Crippen molar-refractivity contribution in [1.82, 2.24) is 19.1 Å². The number of hydrogen-bond donors (Lipinski definition) is 3. The van der Waals surface area contributed by atoms with Gasteiger partial charge in [-0.05, 0) is 86.0 Å². The Hall–Kier alpha value is -4.59. The van der Waals surface area contributed by atoms with E-state index < -0.39 is 33.9 Å². The minimum Gasteiger partial charge on any atom is -0.506 e. The molecule has 4 aromatic rings. The van der Waals surface area contributed by atoms with Crippen molar-refractivity contribution in [1.29, 1.82) is 0 Å². The Bertz CT molecular complexity index is 2080. The zero-order chi connectivity index (χ0) is 35.9. The largest absolute Gasteiger partial charge is 0.506 e. The van der Waals surface area contributed by atoms with E-state index in [-0.39, 0.29) is 57.5 Å². The van der Waals surface area contributed by atoms with Crippen LogP contribution in [0.4, 0.5) is 4.79 Å². The Kier molecular flexibility index (Phi) is 9.84. The first-order valence-electron chi connectivity index (χ1n) is 16.5. The maximum absolute atomic E-state index is 14.6. The van der Waals surface area contributed by atoms with Crippen molar-refractivity contribution in [3.8, 4) is 17.2 Å². The molecule has 0 bridgehead atoms. The average Bonchev–Trinajstić information content (AvgIpc) is 3.61. The number of H-pyrrole nitrogens is 1. The van der Waals surface area contributed by atoms with Crippen LogP contribution in [0.25, 0.3) is 10.9 Å². The van der Waals surface area contributed by atoms with Gasteiger partial charge in [-0.1, -0.05) is 36.2 Å². The highest BCUT2D eigenvalue weighted by atomic mass is 35.5. The second-order valence-electron chi connectivity index (χ2n) is 13.3. The summed E-state index contributed by atoms with van der Waals surface area (Å²) in [4.78, 5) is 47.0. The van der Waals surface area contributed by atoms with Gasteiger partial charge in [-0.2, -0.15) is 0 Å². The molecule has 264 valence electrons. The molecule has 1 aromatic heterocycles. The number of urea groups is 1. The molecule has 1 saturated heterocycles. The molecule has 2 aliphatic rings. The van der Waals surface area contributed by atoms with E-state index in [4.69, 9.17) is 22.1 Å². The number of aromatic nitrogens is 1. The van der Waals surface area contributed by atoms with E-state index in [1.807, 2.05) is 25.1 Å². The summed E-state index contributed by atoms with van der Waals surface area (Å²) in [6, 6.07) is 11.3. The van der Waals surface area contributed by atoms with Crippen molar-refractivity contribution in [3.63, 3.8) is 0 Å². The summed E-state index contributed by atoms with van der Waals surface area (Å²) < 4.78 is 35.7. The highest BCUT2D eigenvalue weighted by Crippen LogP contribution is 2.37. The number of aromatic hydroxyl groups is 1. The molecule has 3 aromatic carbocycles. The van der Waals surface area contributed by atoms with Crippen molar-refractivity contribution >= 4 is 50.4 Å². The van der Waals surface area contributed by atoms with Crippen molar-refractivity contribution in [2.45, 2.75) is 50.0 Å². The third kappa shape index (κ3) is 6.64. The Morgan fingerprint density at radius 3 is 2.58 bits per heavy atom. The molecule has 1 saturated carbocycles. The summed E-state index contributed by atoms with van der Waals surface area (Å²) in [7, 11) is -1.69. The first-order valence-corrected chi connectivity index (χ1v) is 18.3. The molecule has 1 aliphatic carbocycles. The molecule has 0 spiro atoms. The van der Waals surface area contributed by atoms with Gasteiger partial charge in [0.2, 0.25) is 0 Å². The van der Waals surface area contributed by atoms with Crippen molar-refractivity contribution < 1.29 is 32.6 Å². The Labute approximate surface area is 295 Å². The zero-order valence-electron chi connectivity index (χ0n) is 28.1. The van der Waals surface area contributed by atoms with E-state index in [0.29, 0.717) is 16.4 Å². The van der Waals surface area contributed by atoms with Crippen molar-refractivity contribution in [2.75, 3.05) is 27.2 Å². The number of rotatable bonds is 10. The second kappa shape index (κ2) is 14.0. The van der Waals surface area contributed by atoms with E-state index in [1.165, 1.54) is 49.3 Å². The van der Waals surface area contributed by atoms with Gasteiger partial charge in [0.05, 0.1) is 15.5 Å². The number of aryl methyl sites for hydroxylation is 1. The highest BCUT2D eigenvalue weighted by Gasteiger charge is 2.52. The van der Waals surface area contributed by atoms with Crippen LogP contribution in [-0.2, 0) is 21.2 Å². The normalized spacial score (nSPS) is 19.7. The number of benzene rings is 3. The molecule has 0 radical (unpaired) electrons. The van der Waals surface area contributed by atoms with Crippen LogP contribution in [0.3, 0.4) is 0 Å². The number of imide groups is 1. The SMILES string of the molecule is Cc1cccc2c(CC3C(=O)N(CC4CCCC(CN)C4)C(=O)N3S(=O)(=O)c3ccc(Oc4ccc(O)c(Cl)c4)c(C(=O)N(C)C)c3)c[nH]c12. The number of hydrogen-bond acceptors (Lipinski definition) is 8. The van der Waals surface area contributed by atoms with E-state index in [2.05, 4.69) is 4.98 Å². The molecule has 1 aliphatic heterocycles. The van der Waals surface area contributed by atoms with Crippen molar-refractivity contribution in [2.24, 2.45) is 17.6 Å². The van der Waals surface area contributed by atoms with Gasteiger partial charge in [0.25, 0.3) is 21.8 Å². The molecule has 6 rings (SSSR count). The Morgan fingerprint density at radius 1 is 1.10 bits per heavy atom. The molecule has 4 N–H and O–H groups in total. The number of phenolic OH excluding ortho intramolecular Hbond substituents is 1. The molecular weight excluding hydrogens is 682 g/mol. The summed E-state index contributed by atoms with van der Waals surface area (Å²) in [5, 5.41) is 10.7. The van der Waals surface area contributed by atoms with E-state index in [9.17, 15) is 27.9 Å². The van der Waals surface area contributed by atoms with Gasteiger partial charge in [-0.15, -0.1) is 0 Å². The number of para-hydroxylation sites is 1. The third-order valence-electron chi connectivity index (χ3n) is 9.63. The number of phenols is 1. The number of nitrogens with zero attached hydrogens (tertiary/aromatic N) is 3.